The molecule has 1 aromatic carbocycles. The molecule has 0 bridgehead atoms. The summed E-state index contributed by atoms with van der Waals surface area (Å²) < 4.78 is 0. The van der Waals surface area contributed by atoms with E-state index < -0.39 is 0 Å². The summed E-state index contributed by atoms with van der Waals surface area (Å²) in [5.41, 5.74) is 2.56. The summed E-state index contributed by atoms with van der Waals surface area (Å²) in [5.74, 6) is 0. The highest BCUT2D eigenvalue weighted by molar-refractivity contribution is 5.79. The van der Waals surface area contributed by atoms with Crippen LogP contribution < -0.4 is 5.32 Å². The van der Waals surface area contributed by atoms with Crippen LogP contribution in [-0.4, -0.2) is 36.1 Å². The molecule has 2 N–H and O–H groups in total. The summed E-state index contributed by atoms with van der Waals surface area (Å²) in [4.78, 5) is 5.60. The first-order valence-corrected chi connectivity index (χ1v) is 7.14. The van der Waals surface area contributed by atoms with Gasteiger partial charge in [-0.15, -0.1) is 0 Å². The first-order chi connectivity index (χ1) is 9.16. The van der Waals surface area contributed by atoms with E-state index in [-0.39, 0.29) is 0 Å². The van der Waals surface area contributed by atoms with Crippen molar-refractivity contribution in [1.29, 1.82) is 0 Å². The van der Waals surface area contributed by atoms with Crippen LogP contribution >= 0.6 is 0 Å². The lowest BCUT2D eigenvalue weighted by Crippen LogP contribution is -2.29. The van der Waals surface area contributed by atoms with Gasteiger partial charge in [-0.05, 0) is 69.6 Å². The topological polar surface area (TPSA) is 31.1 Å². The van der Waals surface area contributed by atoms with Crippen LogP contribution in [0.3, 0.4) is 0 Å². The number of aromatic nitrogens is 1. The molecule has 2 rings (SSSR count). The largest absolute Gasteiger partial charge is 0.361 e. The number of hydrogen-bond acceptors (Lipinski definition) is 2. The zero-order valence-electron chi connectivity index (χ0n) is 12.2. The maximum absolute atomic E-state index is 3.52. The van der Waals surface area contributed by atoms with Crippen molar-refractivity contribution >= 4 is 10.9 Å². The van der Waals surface area contributed by atoms with Crippen molar-refractivity contribution in [2.45, 2.75) is 32.9 Å². The van der Waals surface area contributed by atoms with Gasteiger partial charge in [0.05, 0.1) is 0 Å². The third kappa shape index (κ3) is 4.08. The number of nitrogens with one attached hydrogen (secondary N) is 2. The van der Waals surface area contributed by atoms with E-state index in [1.807, 2.05) is 6.20 Å². The van der Waals surface area contributed by atoms with Gasteiger partial charge in [-0.2, -0.15) is 0 Å². The number of benzene rings is 1. The molecule has 0 aliphatic rings. The molecule has 0 spiro atoms. The quantitative estimate of drug-likeness (QED) is 0.749. The number of H-pyrrole nitrogens is 1. The van der Waals surface area contributed by atoms with Crippen LogP contribution in [0.5, 0.6) is 0 Å². The number of rotatable bonds is 7. The molecule has 0 aliphatic heterocycles. The average molecular weight is 259 g/mol. The summed E-state index contributed by atoms with van der Waals surface area (Å²) in [6.07, 6.45) is 3.19. The molecule has 0 amide bonds. The highest BCUT2D eigenvalue weighted by atomic mass is 15.1. The van der Waals surface area contributed by atoms with Crippen LogP contribution in [0.2, 0.25) is 0 Å². The fraction of sp³-hybridized carbons (Fsp3) is 0.500. The van der Waals surface area contributed by atoms with E-state index in [1.165, 1.54) is 22.9 Å². The molecule has 3 heteroatoms. The van der Waals surface area contributed by atoms with Crippen LogP contribution in [-0.2, 0) is 6.54 Å². The fourth-order valence-electron chi connectivity index (χ4n) is 2.16. The molecular formula is C16H25N3. The summed E-state index contributed by atoms with van der Waals surface area (Å²) in [6.45, 7) is 7.65. The normalized spacial score (nSPS) is 11.8. The van der Waals surface area contributed by atoms with Gasteiger partial charge in [0.2, 0.25) is 0 Å². The minimum Gasteiger partial charge on any atom is -0.361 e. The predicted molar refractivity (Wildman–Crippen MR) is 82.4 cm³/mol. The molecule has 104 valence electrons. The van der Waals surface area contributed by atoms with Crippen molar-refractivity contribution in [1.82, 2.24) is 15.2 Å². The number of aromatic amines is 1. The molecule has 0 radical (unpaired) electrons. The lowest BCUT2D eigenvalue weighted by molar-refractivity contribution is 0.269. The lowest BCUT2D eigenvalue weighted by Gasteiger charge is -2.20. The Bertz CT molecular complexity index is 501. The minimum atomic E-state index is 0.635. The number of hydrogen-bond donors (Lipinski definition) is 2. The van der Waals surface area contributed by atoms with Gasteiger partial charge in [0, 0.05) is 24.3 Å². The molecule has 0 aliphatic carbocycles. The van der Waals surface area contributed by atoms with Crippen molar-refractivity contribution in [2.75, 3.05) is 20.1 Å². The Morgan fingerprint density at radius 1 is 1.26 bits per heavy atom. The van der Waals surface area contributed by atoms with Gasteiger partial charge < -0.3 is 15.2 Å². The Kier molecular flexibility index (Phi) is 5.00. The van der Waals surface area contributed by atoms with Gasteiger partial charge >= 0.3 is 0 Å². The molecule has 19 heavy (non-hydrogen) atoms. The third-order valence-electron chi connectivity index (χ3n) is 3.69. The molecule has 2 aromatic rings. The van der Waals surface area contributed by atoms with Crippen LogP contribution in [0.25, 0.3) is 10.9 Å². The summed E-state index contributed by atoms with van der Waals surface area (Å²) in [6, 6.07) is 9.34. The monoisotopic (exact) mass is 259 g/mol. The SMILES string of the molecule is CC(C)N(C)CCCNCc1ccc2[nH]ccc2c1. The summed E-state index contributed by atoms with van der Waals surface area (Å²) >= 11 is 0. The zero-order valence-corrected chi connectivity index (χ0v) is 12.2. The zero-order chi connectivity index (χ0) is 13.7. The van der Waals surface area contributed by atoms with Crippen molar-refractivity contribution in [3.8, 4) is 0 Å². The third-order valence-corrected chi connectivity index (χ3v) is 3.69. The second kappa shape index (κ2) is 6.73. The van der Waals surface area contributed by atoms with Gasteiger partial charge in [-0.25, -0.2) is 0 Å². The van der Waals surface area contributed by atoms with Crippen molar-refractivity contribution in [2.24, 2.45) is 0 Å². The van der Waals surface area contributed by atoms with E-state index in [9.17, 15) is 0 Å². The van der Waals surface area contributed by atoms with E-state index in [4.69, 9.17) is 0 Å². The van der Waals surface area contributed by atoms with Crippen molar-refractivity contribution in [3.05, 3.63) is 36.0 Å². The van der Waals surface area contributed by atoms with Crippen LogP contribution in [0.15, 0.2) is 30.5 Å². The molecule has 3 nitrogen and oxygen atoms in total. The van der Waals surface area contributed by atoms with Crippen molar-refractivity contribution < 1.29 is 0 Å². The second-order valence-corrected chi connectivity index (χ2v) is 5.50. The standard InChI is InChI=1S/C16H25N3/c1-13(2)19(3)10-4-8-17-12-14-5-6-16-15(11-14)7-9-18-16/h5-7,9,11,13,17-18H,4,8,10,12H2,1-3H3. The van der Waals surface area contributed by atoms with Gasteiger partial charge in [-0.3, -0.25) is 0 Å². The maximum atomic E-state index is 3.52. The fourth-order valence-corrected chi connectivity index (χ4v) is 2.16. The lowest BCUT2D eigenvalue weighted by atomic mass is 10.1. The highest BCUT2D eigenvalue weighted by Gasteiger charge is 2.02. The number of nitrogens with zero attached hydrogens (tertiary/aromatic N) is 1. The van der Waals surface area contributed by atoms with Crippen LogP contribution in [0.1, 0.15) is 25.8 Å². The van der Waals surface area contributed by atoms with Gasteiger partial charge in [-0.1, -0.05) is 6.07 Å². The average Bonchev–Trinajstić information content (AvgIpc) is 2.85. The van der Waals surface area contributed by atoms with E-state index >= 15 is 0 Å². The highest BCUT2D eigenvalue weighted by Crippen LogP contribution is 2.13. The van der Waals surface area contributed by atoms with Gasteiger partial charge in [0.25, 0.3) is 0 Å². The van der Waals surface area contributed by atoms with Crippen LogP contribution in [0.4, 0.5) is 0 Å². The first kappa shape index (κ1) is 14.1. The summed E-state index contributed by atoms with van der Waals surface area (Å²) in [7, 11) is 2.19. The predicted octanol–water partition coefficient (Wildman–Crippen LogP) is 2.99. The Labute approximate surface area is 116 Å². The Morgan fingerprint density at radius 2 is 2.11 bits per heavy atom. The van der Waals surface area contributed by atoms with Crippen molar-refractivity contribution in [3.63, 3.8) is 0 Å². The molecule has 0 unspecified atom stereocenters. The van der Waals surface area contributed by atoms with Gasteiger partial charge in [0.15, 0.2) is 0 Å². The Balaban J connectivity index is 1.70. The van der Waals surface area contributed by atoms with E-state index in [1.54, 1.807) is 0 Å². The maximum Gasteiger partial charge on any atom is 0.0454 e. The van der Waals surface area contributed by atoms with E-state index in [0.717, 1.165) is 19.6 Å². The van der Waals surface area contributed by atoms with E-state index in [0.29, 0.717) is 6.04 Å². The molecule has 0 atom stereocenters. The Hall–Kier alpha value is -1.32. The Morgan fingerprint density at radius 3 is 2.89 bits per heavy atom. The molecule has 0 saturated carbocycles. The molecule has 0 fully saturated rings. The molecule has 1 aromatic heterocycles. The van der Waals surface area contributed by atoms with Crippen LogP contribution in [0, 0.1) is 0 Å². The second-order valence-electron chi connectivity index (χ2n) is 5.50. The molecular weight excluding hydrogens is 234 g/mol. The van der Waals surface area contributed by atoms with Gasteiger partial charge in [0.1, 0.15) is 0 Å². The smallest absolute Gasteiger partial charge is 0.0454 e. The number of fused-ring (bicyclic) bond motifs is 1. The first-order valence-electron chi connectivity index (χ1n) is 7.14. The van der Waals surface area contributed by atoms with E-state index in [2.05, 4.69) is 60.4 Å². The molecule has 0 saturated heterocycles. The minimum absolute atomic E-state index is 0.635. The molecule has 1 heterocycles. The summed E-state index contributed by atoms with van der Waals surface area (Å²) in [5, 5.41) is 4.81.